The first kappa shape index (κ1) is 16.2. The summed E-state index contributed by atoms with van der Waals surface area (Å²) in [5, 5.41) is 15.8. The first-order chi connectivity index (χ1) is 9.36. The molecule has 0 fully saturated rings. The molecular formula is C14H23N3O3. The van der Waals surface area contributed by atoms with Crippen molar-refractivity contribution in [3.63, 3.8) is 0 Å². The molecule has 0 spiro atoms. The van der Waals surface area contributed by atoms with Crippen LogP contribution in [0.25, 0.3) is 0 Å². The van der Waals surface area contributed by atoms with Gasteiger partial charge in [0.2, 0.25) is 0 Å². The van der Waals surface area contributed by atoms with Crippen LogP contribution in [0.3, 0.4) is 0 Å². The predicted molar refractivity (Wildman–Crippen MR) is 75.8 cm³/mol. The van der Waals surface area contributed by atoms with E-state index in [1.54, 1.807) is 0 Å². The number of nitrogens with one attached hydrogen (secondary N) is 1. The lowest BCUT2D eigenvalue weighted by atomic mass is 10.1. The third kappa shape index (κ3) is 4.08. The maximum atomic E-state index is 12.2. The maximum Gasteiger partial charge on any atom is 0.303 e. The highest BCUT2D eigenvalue weighted by Crippen LogP contribution is 2.14. The van der Waals surface area contributed by atoms with E-state index in [1.807, 2.05) is 25.5 Å². The van der Waals surface area contributed by atoms with E-state index in [2.05, 4.69) is 17.3 Å². The lowest BCUT2D eigenvalue weighted by Gasteiger charge is -2.13. The Balaban J connectivity index is 2.74. The van der Waals surface area contributed by atoms with Gasteiger partial charge in [0.1, 0.15) is 0 Å². The third-order valence-corrected chi connectivity index (χ3v) is 3.21. The SMILES string of the molecule is CCCn1nc(C)c(C(=O)NC(C)CCC(=O)O)c1C. The van der Waals surface area contributed by atoms with Crippen LogP contribution in [0, 0.1) is 13.8 Å². The molecule has 1 amide bonds. The van der Waals surface area contributed by atoms with Gasteiger partial charge < -0.3 is 10.4 Å². The molecule has 1 heterocycles. The lowest BCUT2D eigenvalue weighted by molar-refractivity contribution is -0.137. The number of aliphatic carboxylic acids is 1. The van der Waals surface area contributed by atoms with Crippen LogP contribution in [0.5, 0.6) is 0 Å². The molecule has 1 rings (SSSR count). The van der Waals surface area contributed by atoms with E-state index >= 15 is 0 Å². The van der Waals surface area contributed by atoms with E-state index in [0.29, 0.717) is 17.7 Å². The fourth-order valence-electron chi connectivity index (χ4n) is 2.16. The van der Waals surface area contributed by atoms with Crippen LogP contribution in [0.4, 0.5) is 0 Å². The van der Waals surface area contributed by atoms with Crippen molar-refractivity contribution in [1.29, 1.82) is 0 Å². The molecule has 1 atom stereocenters. The van der Waals surface area contributed by atoms with E-state index in [0.717, 1.165) is 18.7 Å². The number of hydrogen-bond donors (Lipinski definition) is 2. The molecule has 1 unspecified atom stereocenters. The molecule has 0 aliphatic carbocycles. The van der Waals surface area contributed by atoms with E-state index in [1.165, 1.54) is 0 Å². The summed E-state index contributed by atoms with van der Waals surface area (Å²) in [6, 6.07) is -0.174. The van der Waals surface area contributed by atoms with Gasteiger partial charge in [0.15, 0.2) is 0 Å². The number of nitrogens with zero attached hydrogens (tertiary/aromatic N) is 2. The molecule has 0 saturated heterocycles. The average molecular weight is 281 g/mol. The Labute approximate surface area is 119 Å². The minimum absolute atomic E-state index is 0.0501. The lowest BCUT2D eigenvalue weighted by Crippen LogP contribution is -2.33. The van der Waals surface area contributed by atoms with Gasteiger partial charge in [-0.2, -0.15) is 5.10 Å². The molecule has 0 aromatic carbocycles. The zero-order valence-corrected chi connectivity index (χ0v) is 12.6. The molecule has 0 bridgehead atoms. The van der Waals surface area contributed by atoms with Gasteiger partial charge in [0, 0.05) is 24.7 Å². The minimum atomic E-state index is -0.853. The number of aryl methyl sites for hydroxylation is 2. The van der Waals surface area contributed by atoms with Gasteiger partial charge in [-0.05, 0) is 33.6 Å². The molecule has 112 valence electrons. The molecule has 0 radical (unpaired) electrons. The third-order valence-electron chi connectivity index (χ3n) is 3.21. The van der Waals surface area contributed by atoms with Crippen LogP contribution in [-0.2, 0) is 11.3 Å². The Morgan fingerprint density at radius 3 is 2.60 bits per heavy atom. The van der Waals surface area contributed by atoms with Gasteiger partial charge in [-0.3, -0.25) is 14.3 Å². The molecule has 1 aromatic heterocycles. The monoisotopic (exact) mass is 281 g/mol. The van der Waals surface area contributed by atoms with Crippen molar-refractivity contribution in [2.75, 3.05) is 0 Å². The average Bonchev–Trinajstić information content (AvgIpc) is 2.62. The largest absolute Gasteiger partial charge is 0.481 e. The number of rotatable bonds is 7. The molecule has 2 N–H and O–H groups in total. The normalized spacial score (nSPS) is 12.2. The van der Waals surface area contributed by atoms with Crippen molar-refractivity contribution in [2.45, 2.75) is 59.5 Å². The molecule has 6 nitrogen and oxygen atoms in total. The second-order valence-corrected chi connectivity index (χ2v) is 5.08. The summed E-state index contributed by atoms with van der Waals surface area (Å²) in [6.07, 6.45) is 1.43. The summed E-state index contributed by atoms with van der Waals surface area (Å²) >= 11 is 0. The van der Waals surface area contributed by atoms with Gasteiger partial charge in [-0.25, -0.2) is 0 Å². The Bertz CT molecular complexity index is 494. The molecule has 0 aliphatic heterocycles. The molecule has 6 heteroatoms. The number of amides is 1. The number of carbonyl (C=O) groups is 2. The van der Waals surface area contributed by atoms with Crippen LogP contribution >= 0.6 is 0 Å². The van der Waals surface area contributed by atoms with Crippen LogP contribution in [0.2, 0.25) is 0 Å². The zero-order chi connectivity index (χ0) is 15.3. The summed E-state index contributed by atoms with van der Waals surface area (Å²) < 4.78 is 1.84. The van der Waals surface area contributed by atoms with E-state index in [4.69, 9.17) is 5.11 Å². The minimum Gasteiger partial charge on any atom is -0.481 e. The highest BCUT2D eigenvalue weighted by atomic mass is 16.4. The van der Waals surface area contributed by atoms with E-state index in [-0.39, 0.29) is 18.4 Å². The second kappa shape index (κ2) is 7.07. The van der Waals surface area contributed by atoms with Gasteiger partial charge in [0.25, 0.3) is 5.91 Å². The number of hydrogen-bond acceptors (Lipinski definition) is 3. The fraction of sp³-hybridized carbons (Fsp3) is 0.643. The topological polar surface area (TPSA) is 84.2 Å². The van der Waals surface area contributed by atoms with Gasteiger partial charge >= 0.3 is 5.97 Å². The van der Waals surface area contributed by atoms with E-state index < -0.39 is 5.97 Å². The fourth-order valence-corrected chi connectivity index (χ4v) is 2.16. The predicted octanol–water partition coefficient (Wildman–Crippen LogP) is 1.89. The number of carbonyl (C=O) groups excluding carboxylic acids is 1. The number of aromatic nitrogens is 2. The van der Waals surface area contributed by atoms with E-state index in [9.17, 15) is 9.59 Å². The molecular weight excluding hydrogens is 258 g/mol. The Kier molecular flexibility index (Phi) is 5.73. The summed E-state index contributed by atoms with van der Waals surface area (Å²) in [7, 11) is 0. The summed E-state index contributed by atoms with van der Waals surface area (Å²) in [5.41, 5.74) is 2.16. The van der Waals surface area contributed by atoms with Crippen molar-refractivity contribution < 1.29 is 14.7 Å². The summed E-state index contributed by atoms with van der Waals surface area (Å²) in [5.74, 6) is -1.03. The highest BCUT2D eigenvalue weighted by molar-refractivity contribution is 5.96. The van der Waals surface area contributed by atoms with Crippen molar-refractivity contribution in [2.24, 2.45) is 0 Å². The van der Waals surface area contributed by atoms with Gasteiger partial charge in [-0.1, -0.05) is 6.92 Å². The smallest absolute Gasteiger partial charge is 0.303 e. The van der Waals surface area contributed by atoms with Gasteiger partial charge in [0.05, 0.1) is 11.3 Å². The number of carboxylic acid groups (broad SMARTS) is 1. The summed E-state index contributed by atoms with van der Waals surface area (Å²) in [6.45, 7) is 8.35. The first-order valence-corrected chi connectivity index (χ1v) is 6.93. The molecule has 20 heavy (non-hydrogen) atoms. The quantitative estimate of drug-likeness (QED) is 0.799. The Hall–Kier alpha value is -1.85. The van der Waals surface area contributed by atoms with Crippen molar-refractivity contribution in [1.82, 2.24) is 15.1 Å². The zero-order valence-electron chi connectivity index (χ0n) is 12.6. The Morgan fingerprint density at radius 2 is 2.05 bits per heavy atom. The summed E-state index contributed by atoms with van der Waals surface area (Å²) in [4.78, 5) is 22.8. The first-order valence-electron chi connectivity index (χ1n) is 6.93. The molecule has 0 aliphatic rings. The van der Waals surface area contributed by atoms with Crippen LogP contribution < -0.4 is 5.32 Å². The highest BCUT2D eigenvalue weighted by Gasteiger charge is 2.19. The Morgan fingerprint density at radius 1 is 1.40 bits per heavy atom. The van der Waals surface area contributed by atoms with Gasteiger partial charge in [-0.15, -0.1) is 0 Å². The molecule has 1 aromatic rings. The van der Waals surface area contributed by atoms with Crippen molar-refractivity contribution in [3.8, 4) is 0 Å². The van der Waals surface area contributed by atoms with Crippen molar-refractivity contribution in [3.05, 3.63) is 17.0 Å². The van der Waals surface area contributed by atoms with Crippen molar-refractivity contribution >= 4 is 11.9 Å². The van der Waals surface area contributed by atoms with Crippen LogP contribution in [0.1, 0.15) is 54.9 Å². The maximum absolute atomic E-state index is 12.2. The molecule has 0 saturated carbocycles. The van der Waals surface area contributed by atoms with Crippen LogP contribution in [0.15, 0.2) is 0 Å². The second-order valence-electron chi connectivity index (χ2n) is 5.08. The standard InChI is InChI=1S/C14H23N3O3/c1-5-8-17-11(4)13(10(3)16-17)14(20)15-9(2)6-7-12(18)19/h9H,5-8H2,1-4H3,(H,15,20)(H,18,19). The number of carboxylic acids is 1. The van der Waals surface area contributed by atoms with Crippen LogP contribution in [-0.4, -0.2) is 32.8 Å².